The lowest BCUT2D eigenvalue weighted by atomic mass is 10.1. The number of carbonyl (C=O) groups excluding carboxylic acids is 1. The Morgan fingerprint density at radius 3 is 2.31 bits per heavy atom. The van der Waals surface area contributed by atoms with Crippen LogP contribution in [0.1, 0.15) is 11.3 Å². The van der Waals surface area contributed by atoms with Crippen molar-refractivity contribution < 1.29 is 27.9 Å². The number of aromatic nitrogens is 3. The molecular formula is C22H27F3N6O4. The number of anilines is 1. The highest BCUT2D eigenvalue weighted by Crippen LogP contribution is 2.24. The molecular weight excluding hydrogens is 469 g/mol. The van der Waals surface area contributed by atoms with Crippen molar-refractivity contribution in [1.29, 1.82) is 0 Å². The van der Waals surface area contributed by atoms with Crippen molar-refractivity contribution in [2.45, 2.75) is 25.6 Å². The number of carbonyl (C=O) groups is 2. The third-order valence-corrected chi connectivity index (χ3v) is 5.86. The normalized spacial score (nSPS) is 16.6. The van der Waals surface area contributed by atoms with Crippen LogP contribution < -0.4 is 10.5 Å². The first-order valence-corrected chi connectivity index (χ1v) is 11.1. The van der Waals surface area contributed by atoms with Crippen molar-refractivity contribution in [3.63, 3.8) is 0 Å². The number of hydrogen-bond donors (Lipinski definition) is 1. The van der Waals surface area contributed by atoms with E-state index in [2.05, 4.69) is 26.8 Å². The molecule has 10 nitrogen and oxygen atoms in total. The smallest absolute Gasteiger partial charge is 0.475 e. The van der Waals surface area contributed by atoms with Gasteiger partial charge in [0.05, 0.1) is 5.69 Å². The minimum Gasteiger partial charge on any atom is -0.475 e. The molecule has 0 saturated carbocycles. The first-order valence-electron chi connectivity index (χ1n) is 11.1. The van der Waals surface area contributed by atoms with Gasteiger partial charge in [-0.3, -0.25) is 9.59 Å². The van der Waals surface area contributed by atoms with Crippen LogP contribution in [0.3, 0.4) is 0 Å². The molecule has 0 aromatic carbocycles. The summed E-state index contributed by atoms with van der Waals surface area (Å²) >= 11 is 0. The van der Waals surface area contributed by atoms with Crippen LogP contribution in [0.15, 0.2) is 35.5 Å². The maximum atomic E-state index is 12.8. The molecule has 4 rings (SSSR count). The van der Waals surface area contributed by atoms with E-state index in [4.69, 9.17) is 9.90 Å². The molecule has 2 aliphatic heterocycles. The van der Waals surface area contributed by atoms with E-state index in [9.17, 15) is 22.8 Å². The first kappa shape index (κ1) is 26.1. The van der Waals surface area contributed by atoms with Gasteiger partial charge in [-0.1, -0.05) is 6.07 Å². The van der Waals surface area contributed by atoms with Crippen molar-refractivity contribution in [2.75, 3.05) is 51.2 Å². The van der Waals surface area contributed by atoms with Crippen molar-refractivity contribution in [3.05, 3.63) is 52.3 Å². The lowest BCUT2D eigenvalue weighted by Gasteiger charge is -2.34. The second kappa shape index (κ2) is 11.3. The number of amides is 1. The summed E-state index contributed by atoms with van der Waals surface area (Å²) in [7, 11) is 2.14. The highest BCUT2D eigenvalue weighted by Gasteiger charge is 2.38. The molecule has 0 bridgehead atoms. The summed E-state index contributed by atoms with van der Waals surface area (Å²) in [4.78, 5) is 49.1. The van der Waals surface area contributed by atoms with Gasteiger partial charge in [0.25, 0.3) is 5.56 Å². The van der Waals surface area contributed by atoms with Crippen LogP contribution in [0.25, 0.3) is 0 Å². The summed E-state index contributed by atoms with van der Waals surface area (Å²) in [5, 5.41) is 7.12. The molecule has 2 aromatic rings. The summed E-state index contributed by atoms with van der Waals surface area (Å²) in [6.07, 6.45) is -0.321. The largest absolute Gasteiger partial charge is 0.490 e. The number of carboxylic acid groups (broad SMARTS) is 1. The SMILES string of the molecule is CN1CCN(c2ncnc3c2CCN(C(=O)Cn2ccccc2=O)CC3)CC1.O=C(O)C(F)(F)F. The number of alkyl halides is 3. The van der Waals surface area contributed by atoms with E-state index in [1.807, 2.05) is 4.90 Å². The van der Waals surface area contributed by atoms with Gasteiger partial charge in [0, 0.05) is 63.5 Å². The second-order valence-electron chi connectivity index (χ2n) is 8.26. The van der Waals surface area contributed by atoms with Gasteiger partial charge in [-0.05, 0) is 19.5 Å². The first-order chi connectivity index (χ1) is 16.6. The van der Waals surface area contributed by atoms with Crippen LogP contribution in [0, 0.1) is 0 Å². The molecule has 0 atom stereocenters. The zero-order chi connectivity index (χ0) is 25.6. The molecule has 35 heavy (non-hydrogen) atoms. The Kier molecular flexibility index (Phi) is 8.43. The molecule has 0 spiro atoms. The van der Waals surface area contributed by atoms with Gasteiger partial charge in [-0.25, -0.2) is 14.8 Å². The van der Waals surface area contributed by atoms with E-state index in [-0.39, 0.29) is 18.0 Å². The van der Waals surface area contributed by atoms with Crippen molar-refractivity contribution >= 4 is 17.7 Å². The number of hydrogen-bond acceptors (Lipinski definition) is 7. The summed E-state index contributed by atoms with van der Waals surface area (Å²) in [5.41, 5.74) is 2.05. The van der Waals surface area contributed by atoms with E-state index in [0.717, 1.165) is 44.1 Å². The van der Waals surface area contributed by atoms with Crippen molar-refractivity contribution in [2.24, 2.45) is 0 Å². The summed E-state index contributed by atoms with van der Waals surface area (Å²) in [6, 6.07) is 4.93. The second-order valence-corrected chi connectivity index (χ2v) is 8.26. The highest BCUT2D eigenvalue weighted by atomic mass is 19.4. The fourth-order valence-corrected chi connectivity index (χ4v) is 3.89. The fourth-order valence-electron chi connectivity index (χ4n) is 3.89. The summed E-state index contributed by atoms with van der Waals surface area (Å²) < 4.78 is 33.2. The molecule has 1 N–H and O–H groups in total. The Labute approximate surface area is 199 Å². The van der Waals surface area contributed by atoms with Crippen LogP contribution >= 0.6 is 0 Å². The molecule has 1 amide bonds. The number of pyridine rings is 1. The molecule has 1 fully saturated rings. The molecule has 0 unspecified atom stereocenters. The molecule has 190 valence electrons. The Balaban J connectivity index is 0.000000429. The van der Waals surface area contributed by atoms with Gasteiger partial charge in [0.15, 0.2) is 0 Å². The van der Waals surface area contributed by atoms with Crippen LogP contribution in [-0.4, -0.2) is 93.8 Å². The fraction of sp³-hybridized carbons (Fsp3) is 0.500. The van der Waals surface area contributed by atoms with E-state index < -0.39 is 12.1 Å². The number of rotatable bonds is 3. The van der Waals surface area contributed by atoms with E-state index >= 15 is 0 Å². The summed E-state index contributed by atoms with van der Waals surface area (Å²) in [6.45, 7) is 5.28. The molecule has 1 saturated heterocycles. The average molecular weight is 496 g/mol. The number of carboxylic acids is 1. The third-order valence-electron chi connectivity index (χ3n) is 5.86. The monoisotopic (exact) mass is 496 g/mol. The Morgan fingerprint density at radius 1 is 1.03 bits per heavy atom. The Hall–Kier alpha value is -3.48. The van der Waals surface area contributed by atoms with E-state index in [1.165, 1.54) is 16.2 Å². The minimum atomic E-state index is -5.08. The van der Waals surface area contributed by atoms with Crippen molar-refractivity contribution in [3.8, 4) is 0 Å². The molecule has 2 aromatic heterocycles. The zero-order valence-electron chi connectivity index (χ0n) is 19.2. The lowest BCUT2D eigenvalue weighted by Crippen LogP contribution is -2.45. The number of aliphatic carboxylic acids is 1. The predicted octanol–water partition coefficient (Wildman–Crippen LogP) is 0.651. The lowest BCUT2D eigenvalue weighted by molar-refractivity contribution is -0.192. The van der Waals surface area contributed by atoms with Crippen molar-refractivity contribution in [1.82, 2.24) is 24.3 Å². The van der Waals surface area contributed by atoms with Gasteiger partial charge in [-0.2, -0.15) is 13.2 Å². The number of likely N-dealkylation sites (N-methyl/N-ethyl adjacent to an activating group) is 1. The quantitative estimate of drug-likeness (QED) is 0.660. The molecule has 0 aliphatic carbocycles. The Bertz CT molecular complexity index is 1100. The van der Waals surface area contributed by atoms with Crippen LogP contribution in [-0.2, 0) is 29.0 Å². The van der Waals surface area contributed by atoms with Crippen LogP contribution in [0.4, 0.5) is 19.0 Å². The van der Waals surface area contributed by atoms with Gasteiger partial charge in [0.1, 0.15) is 18.7 Å². The van der Waals surface area contributed by atoms with E-state index in [1.54, 1.807) is 24.7 Å². The molecule has 4 heterocycles. The zero-order valence-corrected chi connectivity index (χ0v) is 19.2. The minimum absolute atomic E-state index is 0.0322. The Morgan fingerprint density at radius 2 is 1.69 bits per heavy atom. The maximum Gasteiger partial charge on any atom is 0.490 e. The number of fused-ring (bicyclic) bond motifs is 1. The number of nitrogens with zero attached hydrogens (tertiary/aromatic N) is 6. The third kappa shape index (κ3) is 7.01. The maximum absolute atomic E-state index is 12.8. The molecule has 0 radical (unpaired) electrons. The number of halogens is 3. The highest BCUT2D eigenvalue weighted by molar-refractivity contribution is 5.76. The van der Waals surface area contributed by atoms with E-state index in [0.29, 0.717) is 19.5 Å². The molecule has 2 aliphatic rings. The van der Waals surface area contributed by atoms with Gasteiger partial charge in [0.2, 0.25) is 5.91 Å². The average Bonchev–Trinajstić information content (AvgIpc) is 3.04. The molecule has 13 heteroatoms. The predicted molar refractivity (Wildman–Crippen MR) is 120 cm³/mol. The standard InChI is InChI=1S/C20H26N6O2.C2HF3O2/c1-23-10-12-25(13-11-23)20-16-5-8-24(9-6-17(16)21-15-22-20)19(28)14-26-7-3-2-4-18(26)27;3-2(4,5)1(6)7/h2-4,7,15H,5-6,8-14H2,1H3;(H,6,7). The van der Waals surface area contributed by atoms with Gasteiger partial charge >= 0.3 is 12.1 Å². The van der Waals surface area contributed by atoms with Crippen LogP contribution in [0.2, 0.25) is 0 Å². The van der Waals surface area contributed by atoms with Gasteiger partial charge < -0.3 is 24.4 Å². The van der Waals surface area contributed by atoms with Gasteiger partial charge in [-0.15, -0.1) is 0 Å². The van der Waals surface area contributed by atoms with Crippen LogP contribution in [0.5, 0.6) is 0 Å². The topological polar surface area (TPSA) is 112 Å². The summed E-state index contributed by atoms with van der Waals surface area (Å²) in [5.74, 6) is -1.77. The number of piperazine rings is 1.